The third-order valence-electron chi connectivity index (χ3n) is 4.16. The minimum absolute atomic E-state index is 0.0188. The molecule has 0 saturated heterocycles. The van der Waals surface area contributed by atoms with E-state index in [1.165, 1.54) is 18.0 Å². The fourth-order valence-electron chi connectivity index (χ4n) is 2.90. The van der Waals surface area contributed by atoms with E-state index in [-0.39, 0.29) is 23.5 Å². The van der Waals surface area contributed by atoms with Crippen LogP contribution in [-0.4, -0.2) is 24.7 Å². The molecule has 1 N–H and O–H groups in total. The van der Waals surface area contributed by atoms with Gasteiger partial charge in [-0.3, -0.25) is 4.72 Å². The smallest absolute Gasteiger partial charge is 0.165 e. The molecule has 1 aliphatic heterocycles. The van der Waals surface area contributed by atoms with Gasteiger partial charge in [-0.15, -0.1) is 12.8 Å². The number of benzene rings is 1. The van der Waals surface area contributed by atoms with E-state index in [2.05, 4.69) is 43.7 Å². The van der Waals surface area contributed by atoms with Crippen molar-refractivity contribution in [1.29, 1.82) is 0 Å². The average Bonchev–Trinajstić information content (AvgIpc) is 2.76. The quantitative estimate of drug-likeness (QED) is 0.185. The highest BCUT2D eigenvalue weighted by molar-refractivity contribution is 7.96. The normalized spacial score (nSPS) is 17.7. The fourth-order valence-corrected chi connectivity index (χ4v) is 3.72. The van der Waals surface area contributed by atoms with E-state index in [1.54, 1.807) is 18.2 Å². The molecule has 1 unspecified atom stereocenters. The Bertz CT molecular complexity index is 723. The van der Waals surface area contributed by atoms with Gasteiger partial charge in [0.2, 0.25) is 0 Å². The Balaban J connectivity index is 0.000000648. The van der Waals surface area contributed by atoms with Crippen LogP contribution < -0.4 is 9.46 Å². The van der Waals surface area contributed by atoms with E-state index in [9.17, 15) is 8.78 Å². The van der Waals surface area contributed by atoms with Gasteiger partial charge in [-0.1, -0.05) is 62.0 Å². The number of nitrogens with one attached hydrogen (secondary N) is 1. The van der Waals surface area contributed by atoms with Gasteiger partial charge in [-0.25, -0.2) is 8.78 Å². The first-order valence-electron chi connectivity index (χ1n) is 9.48. The van der Waals surface area contributed by atoms with E-state index in [0.717, 1.165) is 25.3 Å². The van der Waals surface area contributed by atoms with Gasteiger partial charge in [-0.2, -0.15) is 12.6 Å². The lowest BCUT2D eigenvalue weighted by atomic mass is 9.85. The number of hydrogen-bond donors (Lipinski definition) is 2. The minimum Gasteiger partial charge on any atom is -0.488 e. The molecule has 1 aliphatic rings. The maximum absolute atomic E-state index is 14.1. The van der Waals surface area contributed by atoms with Gasteiger partial charge in [0.25, 0.3) is 0 Å². The van der Waals surface area contributed by atoms with Crippen molar-refractivity contribution in [3.05, 3.63) is 65.2 Å². The zero-order valence-corrected chi connectivity index (χ0v) is 19.9. The number of hydrogen-bond acceptors (Lipinski definition) is 4. The second-order valence-corrected chi connectivity index (χ2v) is 7.58. The van der Waals surface area contributed by atoms with Crippen LogP contribution in [0.25, 0.3) is 0 Å². The fraction of sp³-hybridized carbons (Fsp3) is 0.391. The molecule has 0 saturated carbocycles. The molecule has 7 heteroatoms. The third kappa shape index (κ3) is 9.61. The Morgan fingerprint density at radius 3 is 2.63 bits per heavy atom. The molecule has 30 heavy (non-hydrogen) atoms. The third-order valence-corrected chi connectivity index (χ3v) is 5.16. The van der Waals surface area contributed by atoms with Gasteiger partial charge >= 0.3 is 0 Å². The molecule has 2 atom stereocenters. The Labute approximate surface area is 194 Å². The first kappa shape index (κ1) is 28.6. The van der Waals surface area contributed by atoms with Crippen LogP contribution in [0.15, 0.2) is 48.0 Å². The highest BCUT2D eigenvalue weighted by atomic mass is 35.5. The lowest BCUT2D eigenvalue weighted by Gasteiger charge is -2.34. The van der Waals surface area contributed by atoms with E-state index < -0.39 is 5.82 Å². The maximum atomic E-state index is 14.1. The first-order valence-corrected chi connectivity index (χ1v) is 11.7. The SMILES string of the molecule is C#C.C=C/C=C(Cl)\C=C/CS.CCCC[C@H]1c2c(F)ccc(F)c2OCC1NSC. The van der Waals surface area contributed by atoms with Gasteiger partial charge < -0.3 is 4.74 Å². The Hall–Kier alpha value is -1.39. The largest absolute Gasteiger partial charge is 0.488 e. The van der Waals surface area contributed by atoms with Gasteiger partial charge in [-0.05, 0) is 37.0 Å². The van der Waals surface area contributed by atoms with Crippen LogP contribution >= 0.6 is 36.2 Å². The predicted octanol–water partition coefficient (Wildman–Crippen LogP) is 6.90. The number of fused-ring (bicyclic) bond motifs is 1. The van der Waals surface area contributed by atoms with Crippen molar-refractivity contribution in [2.45, 2.75) is 38.1 Å². The van der Waals surface area contributed by atoms with Gasteiger partial charge in [0.15, 0.2) is 11.6 Å². The van der Waals surface area contributed by atoms with Crippen molar-refractivity contribution >= 4 is 36.2 Å². The summed E-state index contributed by atoms with van der Waals surface area (Å²) in [4.78, 5) is 0. The lowest BCUT2D eigenvalue weighted by Crippen LogP contribution is -2.40. The molecule has 0 fully saturated rings. The van der Waals surface area contributed by atoms with Crippen molar-refractivity contribution in [2.24, 2.45) is 0 Å². The van der Waals surface area contributed by atoms with Crippen LogP contribution in [0, 0.1) is 24.5 Å². The first-order chi connectivity index (χ1) is 14.5. The summed E-state index contributed by atoms with van der Waals surface area (Å²) in [5, 5.41) is 0.680. The summed E-state index contributed by atoms with van der Waals surface area (Å²) in [5.41, 5.74) is 0.395. The van der Waals surface area contributed by atoms with Crippen molar-refractivity contribution in [3.8, 4) is 18.6 Å². The summed E-state index contributed by atoms with van der Waals surface area (Å²) in [6, 6.07) is 2.34. The van der Waals surface area contributed by atoms with Crippen LogP contribution in [-0.2, 0) is 0 Å². The molecule has 1 aromatic carbocycles. The molecule has 0 aliphatic carbocycles. The van der Waals surface area contributed by atoms with Gasteiger partial charge in [0, 0.05) is 22.3 Å². The number of ether oxygens (including phenoxy) is 1. The van der Waals surface area contributed by atoms with Crippen LogP contribution in [0.1, 0.15) is 37.7 Å². The number of unbranched alkanes of at least 4 members (excludes halogenated alkanes) is 1. The second kappa shape index (κ2) is 17.3. The highest BCUT2D eigenvalue weighted by Gasteiger charge is 2.34. The van der Waals surface area contributed by atoms with E-state index in [1.807, 2.05) is 12.3 Å². The molecule has 0 bridgehead atoms. The van der Waals surface area contributed by atoms with E-state index in [4.69, 9.17) is 16.3 Å². The van der Waals surface area contributed by atoms with Crippen LogP contribution in [0.5, 0.6) is 5.75 Å². The number of thiol groups is 1. The van der Waals surface area contributed by atoms with Crippen LogP contribution in [0.3, 0.4) is 0 Å². The molecule has 0 spiro atoms. The second-order valence-electron chi connectivity index (χ2n) is 6.13. The molecular formula is C23H30ClF2NOS2. The van der Waals surface area contributed by atoms with Crippen LogP contribution in [0.2, 0.25) is 0 Å². The number of allylic oxidation sites excluding steroid dienone is 4. The van der Waals surface area contributed by atoms with E-state index in [0.29, 0.717) is 23.0 Å². The Morgan fingerprint density at radius 1 is 1.40 bits per heavy atom. The molecule has 2 rings (SSSR count). The lowest BCUT2D eigenvalue weighted by molar-refractivity contribution is 0.210. The van der Waals surface area contributed by atoms with Crippen molar-refractivity contribution in [3.63, 3.8) is 0 Å². The maximum Gasteiger partial charge on any atom is 0.165 e. The average molecular weight is 474 g/mol. The topological polar surface area (TPSA) is 21.3 Å². The van der Waals surface area contributed by atoms with Crippen molar-refractivity contribution < 1.29 is 13.5 Å². The summed E-state index contributed by atoms with van der Waals surface area (Å²) in [7, 11) is 0. The number of terminal acetylenes is 1. The predicted molar refractivity (Wildman–Crippen MR) is 132 cm³/mol. The summed E-state index contributed by atoms with van der Waals surface area (Å²) < 4.78 is 36.5. The van der Waals surface area contributed by atoms with E-state index >= 15 is 0 Å². The molecule has 2 nitrogen and oxygen atoms in total. The number of rotatable bonds is 8. The summed E-state index contributed by atoms with van der Waals surface area (Å²) in [5.74, 6) is -0.0704. The Morgan fingerprint density at radius 2 is 2.07 bits per heavy atom. The highest BCUT2D eigenvalue weighted by Crippen LogP contribution is 2.40. The molecule has 0 amide bonds. The molecular weight excluding hydrogens is 444 g/mol. The zero-order chi connectivity index (χ0) is 22.9. The van der Waals surface area contributed by atoms with Gasteiger partial charge in [0.1, 0.15) is 12.4 Å². The standard InChI is InChI=1S/C14H19F2NOS.C7H9ClS.C2H2/c1-3-4-5-9-12(17-19-2)8-18-14-11(16)7-6-10(15)13(9)14;1-2-4-7(8)5-3-6-9;1-2/h6-7,9,12,17H,3-5,8H2,1-2H3;2-5,9H,1,6H2;1-2H/b;5-3-,7-4+;/t9-,12?;;/m1../s1. The molecule has 0 radical (unpaired) electrons. The molecule has 0 aromatic heterocycles. The van der Waals surface area contributed by atoms with Crippen molar-refractivity contribution in [2.75, 3.05) is 18.6 Å². The zero-order valence-electron chi connectivity index (χ0n) is 17.4. The van der Waals surface area contributed by atoms with Crippen molar-refractivity contribution in [1.82, 2.24) is 4.72 Å². The minimum atomic E-state index is -0.472. The number of halogens is 3. The summed E-state index contributed by atoms with van der Waals surface area (Å²) >= 11 is 11.1. The summed E-state index contributed by atoms with van der Waals surface area (Å²) in [6.45, 7) is 5.97. The monoisotopic (exact) mass is 473 g/mol. The summed E-state index contributed by atoms with van der Waals surface area (Å²) in [6.07, 6.45) is 19.8. The molecule has 1 aromatic rings. The molecule has 1 heterocycles. The Kier molecular flexibility index (Phi) is 16.5. The molecule has 166 valence electrons. The van der Waals surface area contributed by atoms with Gasteiger partial charge in [0.05, 0.1) is 6.04 Å². The van der Waals surface area contributed by atoms with Crippen LogP contribution in [0.4, 0.5) is 8.78 Å².